The Morgan fingerprint density at radius 3 is 2.39 bits per heavy atom. The molecule has 2 heterocycles. The van der Waals surface area contributed by atoms with Crippen LogP contribution in [0.2, 0.25) is 0 Å². The van der Waals surface area contributed by atoms with Crippen LogP contribution in [0, 0.1) is 5.82 Å². The van der Waals surface area contributed by atoms with Crippen molar-refractivity contribution in [3.63, 3.8) is 0 Å². The molecule has 1 N–H and O–H groups in total. The first-order valence-corrected chi connectivity index (χ1v) is 11.6. The molecule has 3 aromatic carbocycles. The summed E-state index contributed by atoms with van der Waals surface area (Å²) in [6.07, 6.45) is 0.645. The zero-order valence-electron chi connectivity index (χ0n) is 17.7. The summed E-state index contributed by atoms with van der Waals surface area (Å²) in [6.45, 7) is 0. The van der Waals surface area contributed by atoms with Crippen LogP contribution < -0.4 is 5.32 Å². The Morgan fingerprint density at radius 1 is 0.909 bits per heavy atom. The van der Waals surface area contributed by atoms with Gasteiger partial charge in [-0.15, -0.1) is 11.3 Å². The average molecular weight is 453 g/mol. The summed E-state index contributed by atoms with van der Waals surface area (Å²) in [7, 11) is 0. The van der Waals surface area contributed by atoms with Gasteiger partial charge in [-0.05, 0) is 53.3 Å². The summed E-state index contributed by atoms with van der Waals surface area (Å²) >= 11 is 1.55. The van der Waals surface area contributed by atoms with Crippen LogP contribution in [0.4, 0.5) is 4.39 Å². The molecule has 2 aromatic heterocycles. The number of hydrogen-bond acceptors (Lipinski definition) is 3. The van der Waals surface area contributed by atoms with Crippen LogP contribution in [0.5, 0.6) is 0 Å². The van der Waals surface area contributed by atoms with E-state index in [4.69, 9.17) is 0 Å². The SMILES string of the molecule is O=C(NC(Cc1ccccc1)c1ccccc1)c1cc(-c2cccs2)nc2ccc(F)cc12. The Morgan fingerprint density at radius 2 is 1.67 bits per heavy atom. The number of fused-ring (bicyclic) bond motifs is 1. The predicted molar refractivity (Wildman–Crippen MR) is 132 cm³/mol. The first-order valence-electron chi connectivity index (χ1n) is 10.7. The number of amides is 1. The Bertz CT molecular complexity index is 1390. The lowest BCUT2D eigenvalue weighted by atomic mass is 9.98. The van der Waals surface area contributed by atoms with E-state index in [0.29, 0.717) is 28.6 Å². The number of rotatable bonds is 6. The molecule has 0 aliphatic rings. The van der Waals surface area contributed by atoms with E-state index >= 15 is 0 Å². The standard InChI is InChI=1S/C28H21FN2OS/c29-21-13-14-24-22(17-21)23(18-26(30-24)27-12-7-15-33-27)28(32)31-25(20-10-5-2-6-11-20)16-19-8-3-1-4-9-19/h1-15,17-18,25H,16H2,(H,31,32). The molecular weight excluding hydrogens is 431 g/mol. The molecule has 0 radical (unpaired) electrons. The van der Waals surface area contributed by atoms with Crippen molar-refractivity contribution < 1.29 is 9.18 Å². The summed E-state index contributed by atoms with van der Waals surface area (Å²) in [4.78, 5) is 19.2. The third-order valence-electron chi connectivity index (χ3n) is 5.58. The molecule has 5 aromatic rings. The van der Waals surface area contributed by atoms with Gasteiger partial charge in [0.2, 0.25) is 0 Å². The fraction of sp³-hybridized carbons (Fsp3) is 0.0714. The second kappa shape index (κ2) is 9.35. The number of thiophene rings is 1. The fourth-order valence-electron chi connectivity index (χ4n) is 3.96. The first kappa shape index (κ1) is 21.0. The van der Waals surface area contributed by atoms with Gasteiger partial charge in [0.1, 0.15) is 5.82 Å². The number of aromatic nitrogens is 1. The van der Waals surface area contributed by atoms with Crippen molar-refractivity contribution in [2.75, 3.05) is 0 Å². The molecule has 0 bridgehead atoms. The van der Waals surface area contributed by atoms with Crippen LogP contribution in [0.1, 0.15) is 27.5 Å². The van der Waals surface area contributed by atoms with Crippen LogP contribution >= 0.6 is 11.3 Å². The van der Waals surface area contributed by atoms with Crippen LogP contribution in [0.15, 0.2) is 102 Å². The summed E-state index contributed by atoms with van der Waals surface area (Å²) in [5.41, 5.74) is 3.84. The lowest BCUT2D eigenvalue weighted by molar-refractivity contribution is 0.0938. The van der Waals surface area contributed by atoms with Gasteiger partial charge >= 0.3 is 0 Å². The van der Waals surface area contributed by atoms with E-state index in [1.807, 2.05) is 78.2 Å². The van der Waals surface area contributed by atoms with E-state index < -0.39 is 5.82 Å². The minimum atomic E-state index is -0.397. The van der Waals surface area contributed by atoms with Gasteiger partial charge < -0.3 is 5.32 Å². The lowest BCUT2D eigenvalue weighted by Crippen LogP contribution is -2.30. The molecule has 162 valence electrons. The summed E-state index contributed by atoms with van der Waals surface area (Å²) < 4.78 is 14.1. The molecule has 0 aliphatic carbocycles. The number of nitrogens with one attached hydrogen (secondary N) is 1. The second-order valence-corrected chi connectivity index (χ2v) is 8.77. The Kier molecular flexibility index (Phi) is 5.96. The topological polar surface area (TPSA) is 42.0 Å². The zero-order valence-corrected chi connectivity index (χ0v) is 18.6. The molecular formula is C28H21FN2OS. The van der Waals surface area contributed by atoms with E-state index in [1.54, 1.807) is 23.5 Å². The number of halogens is 1. The lowest BCUT2D eigenvalue weighted by Gasteiger charge is -2.20. The van der Waals surface area contributed by atoms with Gasteiger partial charge in [0.05, 0.1) is 27.7 Å². The smallest absolute Gasteiger partial charge is 0.252 e. The Balaban J connectivity index is 1.55. The summed E-state index contributed by atoms with van der Waals surface area (Å²) in [5.74, 6) is -0.651. The van der Waals surface area contributed by atoms with E-state index in [0.717, 1.165) is 16.0 Å². The highest BCUT2D eigenvalue weighted by Crippen LogP contribution is 2.29. The van der Waals surface area contributed by atoms with Gasteiger partial charge in [0, 0.05) is 5.39 Å². The molecule has 0 saturated heterocycles. The molecule has 5 rings (SSSR count). The molecule has 1 amide bonds. The van der Waals surface area contributed by atoms with Crippen LogP contribution in [-0.4, -0.2) is 10.9 Å². The Labute approximate surface area is 195 Å². The maximum absolute atomic E-state index is 14.1. The van der Waals surface area contributed by atoms with Crippen molar-refractivity contribution in [3.8, 4) is 10.6 Å². The van der Waals surface area contributed by atoms with E-state index in [9.17, 15) is 9.18 Å². The van der Waals surface area contributed by atoms with Crippen molar-refractivity contribution in [1.29, 1.82) is 0 Å². The highest BCUT2D eigenvalue weighted by atomic mass is 32.1. The van der Waals surface area contributed by atoms with Crippen molar-refractivity contribution in [3.05, 3.63) is 125 Å². The fourth-order valence-corrected chi connectivity index (χ4v) is 4.65. The van der Waals surface area contributed by atoms with E-state index in [2.05, 4.69) is 10.3 Å². The average Bonchev–Trinajstić information content (AvgIpc) is 3.39. The maximum Gasteiger partial charge on any atom is 0.252 e. The van der Waals surface area contributed by atoms with Crippen molar-refractivity contribution in [2.45, 2.75) is 12.5 Å². The molecule has 0 fully saturated rings. The van der Waals surface area contributed by atoms with Gasteiger partial charge in [-0.3, -0.25) is 4.79 Å². The van der Waals surface area contributed by atoms with Crippen molar-refractivity contribution in [1.82, 2.24) is 10.3 Å². The predicted octanol–water partition coefficient (Wildman–Crippen LogP) is 6.82. The van der Waals surface area contributed by atoms with Crippen LogP contribution in [0.25, 0.3) is 21.5 Å². The minimum Gasteiger partial charge on any atom is -0.345 e. The second-order valence-electron chi connectivity index (χ2n) is 7.82. The summed E-state index contributed by atoms with van der Waals surface area (Å²) in [5, 5.41) is 5.66. The number of carbonyl (C=O) groups is 1. The molecule has 3 nitrogen and oxygen atoms in total. The molecule has 0 aliphatic heterocycles. The quantitative estimate of drug-likeness (QED) is 0.307. The molecule has 33 heavy (non-hydrogen) atoms. The maximum atomic E-state index is 14.1. The van der Waals surface area contributed by atoms with Gasteiger partial charge in [-0.1, -0.05) is 66.7 Å². The largest absolute Gasteiger partial charge is 0.345 e. The van der Waals surface area contributed by atoms with Gasteiger partial charge in [0.15, 0.2) is 0 Å². The van der Waals surface area contributed by atoms with Crippen molar-refractivity contribution >= 4 is 28.1 Å². The van der Waals surface area contributed by atoms with E-state index in [1.165, 1.54) is 12.1 Å². The minimum absolute atomic E-state index is 0.233. The Hall–Kier alpha value is -3.83. The molecule has 1 unspecified atom stereocenters. The van der Waals surface area contributed by atoms with Crippen LogP contribution in [0.3, 0.4) is 0 Å². The first-order chi connectivity index (χ1) is 16.2. The molecule has 0 saturated carbocycles. The monoisotopic (exact) mass is 452 g/mol. The van der Waals surface area contributed by atoms with E-state index in [-0.39, 0.29) is 11.9 Å². The normalized spacial score (nSPS) is 11.9. The zero-order chi connectivity index (χ0) is 22.6. The number of carbonyl (C=O) groups excluding carboxylic acids is 1. The van der Waals surface area contributed by atoms with Gasteiger partial charge in [-0.25, -0.2) is 9.37 Å². The van der Waals surface area contributed by atoms with Gasteiger partial charge in [-0.2, -0.15) is 0 Å². The number of pyridine rings is 1. The highest BCUT2D eigenvalue weighted by molar-refractivity contribution is 7.13. The highest BCUT2D eigenvalue weighted by Gasteiger charge is 2.20. The third kappa shape index (κ3) is 4.69. The number of benzene rings is 3. The number of nitrogens with zero attached hydrogens (tertiary/aromatic N) is 1. The van der Waals surface area contributed by atoms with Crippen LogP contribution in [-0.2, 0) is 6.42 Å². The third-order valence-corrected chi connectivity index (χ3v) is 6.47. The molecule has 5 heteroatoms. The summed E-state index contributed by atoms with van der Waals surface area (Å²) in [6, 6.07) is 29.8. The molecule has 1 atom stereocenters. The number of hydrogen-bond donors (Lipinski definition) is 1. The molecule has 0 spiro atoms. The van der Waals surface area contributed by atoms with Gasteiger partial charge in [0.25, 0.3) is 5.91 Å². The van der Waals surface area contributed by atoms with Crippen molar-refractivity contribution in [2.24, 2.45) is 0 Å².